The molecule has 1 aromatic heterocycles. The topological polar surface area (TPSA) is 30.0 Å². The molecule has 0 atom stereocenters. The predicted octanol–water partition coefficient (Wildman–Crippen LogP) is 2.70. The fourth-order valence-corrected chi connectivity index (χ4v) is 1.85. The van der Waals surface area contributed by atoms with Crippen LogP contribution in [-0.4, -0.2) is 16.1 Å². The van der Waals surface area contributed by atoms with Gasteiger partial charge in [-0.3, -0.25) is 4.79 Å². The molecule has 0 aliphatic carbocycles. The summed E-state index contributed by atoms with van der Waals surface area (Å²) in [6, 6.07) is 0. The normalized spacial score (nSPS) is 11.8. The van der Waals surface area contributed by atoms with Gasteiger partial charge in [-0.15, -0.1) is 11.3 Å². The van der Waals surface area contributed by atoms with Crippen LogP contribution in [0.2, 0.25) is 0 Å². The molecule has 0 bridgehead atoms. The molecule has 2 nitrogen and oxygen atoms in total. The Morgan fingerprint density at radius 1 is 1.57 bits per heavy atom. The minimum Gasteiger partial charge on any atom is -0.291 e. The zero-order valence-electron chi connectivity index (χ0n) is 7.60. The molecule has 0 N–H and O–H groups in total. The predicted molar refractivity (Wildman–Crippen MR) is 51.1 cm³/mol. The first-order valence-corrected chi connectivity index (χ1v) is 5.03. The van der Waals surface area contributed by atoms with Crippen molar-refractivity contribution in [1.82, 2.24) is 4.98 Å². The lowest BCUT2D eigenvalue weighted by Crippen LogP contribution is -2.23. The number of halogens is 3. The third-order valence-electron chi connectivity index (χ3n) is 1.70. The number of carbonyl (C=O) groups excluding carboxylic acids is 1. The van der Waals surface area contributed by atoms with E-state index in [0.29, 0.717) is 5.01 Å². The molecule has 1 heterocycles. The van der Waals surface area contributed by atoms with E-state index in [4.69, 9.17) is 0 Å². The van der Waals surface area contributed by atoms with Crippen LogP contribution in [0.25, 0.3) is 0 Å². The number of aromatic nitrogens is 1. The maximum Gasteiger partial charge on any atom is 0.380 e. The quantitative estimate of drug-likeness (QED) is 0.759. The molecule has 0 amide bonds. The fraction of sp³-hybridized carbons (Fsp3) is 0.500. The fourth-order valence-electron chi connectivity index (χ4n) is 0.852. The molecule has 0 spiro atoms. The lowest BCUT2D eigenvalue weighted by atomic mass is 10.3. The molecule has 1 rings (SSSR count). The molecule has 14 heavy (non-hydrogen) atoms. The number of carbonyl (C=O) groups is 1. The van der Waals surface area contributed by atoms with Crippen LogP contribution in [0.5, 0.6) is 0 Å². The number of ketones is 1. The summed E-state index contributed by atoms with van der Waals surface area (Å²) in [7, 11) is 0. The van der Waals surface area contributed by atoms with Gasteiger partial charge in [-0.1, -0.05) is 0 Å². The van der Waals surface area contributed by atoms with Gasteiger partial charge in [0.15, 0.2) is 0 Å². The lowest BCUT2D eigenvalue weighted by Gasteiger charge is -2.03. The molecule has 78 valence electrons. The molecule has 0 aromatic carbocycles. The molecular formula is C8H8ClF2NOS. The van der Waals surface area contributed by atoms with Crippen molar-refractivity contribution in [2.45, 2.75) is 25.7 Å². The highest BCUT2D eigenvalue weighted by molar-refractivity contribution is 7.11. The van der Waals surface area contributed by atoms with Crippen LogP contribution < -0.4 is 0 Å². The summed E-state index contributed by atoms with van der Waals surface area (Å²) >= 11 is 5.81. The van der Waals surface area contributed by atoms with Gasteiger partial charge in [0.25, 0.3) is 0 Å². The first kappa shape index (κ1) is 11.5. The van der Waals surface area contributed by atoms with Crippen molar-refractivity contribution in [2.75, 3.05) is 0 Å². The maximum absolute atomic E-state index is 12.3. The Morgan fingerprint density at radius 2 is 2.14 bits per heavy atom. The first-order chi connectivity index (χ1) is 6.30. The van der Waals surface area contributed by atoms with Gasteiger partial charge in [0.1, 0.15) is 5.01 Å². The van der Waals surface area contributed by atoms with Crippen molar-refractivity contribution < 1.29 is 13.6 Å². The largest absolute Gasteiger partial charge is 0.380 e. The maximum atomic E-state index is 12.3. The van der Waals surface area contributed by atoms with E-state index in [-0.39, 0.29) is 0 Å². The van der Waals surface area contributed by atoms with Crippen molar-refractivity contribution in [2.24, 2.45) is 0 Å². The van der Waals surface area contributed by atoms with Crippen LogP contribution in [0.3, 0.4) is 0 Å². The van der Waals surface area contributed by atoms with Gasteiger partial charge in [0.05, 0.1) is 12.1 Å². The smallest absolute Gasteiger partial charge is 0.291 e. The summed E-state index contributed by atoms with van der Waals surface area (Å²) in [5, 5.41) is -3.40. The van der Waals surface area contributed by atoms with E-state index in [1.165, 1.54) is 11.3 Å². The number of aryl methyl sites for hydroxylation is 2. The molecule has 0 unspecified atom stereocenters. The summed E-state index contributed by atoms with van der Waals surface area (Å²) in [6.45, 7) is 3.58. The summed E-state index contributed by atoms with van der Waals surface area (Å²) in [6.07, 6.45) is -0.407. The van der Waals surface area contributed by atoms with Crippen molar-refractivity contribution >= 4 is 28.7 Å². The Bertz CT molecular complexity index is 339. The summed E-state index contributed by atoms with van der Waals surface area (Å²) < 4.78 is 24.6. The van der Waals surface area contributed by atoms with E-state index >= 15 is 0 Å². The molecule has 0 aliphatic heterocycles. The average Bonchev–Trinajstić information content (AvgIpc) is 2.29. The zero-order chi connectivity index (χ0) is 10.9. The van der Waals surface area contributed by atoms with Crippen LogP contribution in [-0.2, 0) is 11.2 Å². The third-order valence-corrected chi connectivity index (χ3v) is 2.98. The number of alkyl halides is 3. The van der Waals surface area contributed by atoms with E-state index in [1.54, 1.807) is 6.92 Å². The van der Waals surface area contributed by atoms with Gasteiger partial charge in [0.2, 0.25) is 5.78 Å². The number of hydrogen-bond acceptors (Lipinski definition) is 3. The Morgan fingerprint density at radius 3 is 2.50 bits per heavy atom. The van der Waals surface area contributed by atoms with E-state index in [9.17, 15) is 13.6 Å². The Kier molecular flexibility index (Phi) is 3.21. The number of nitrogens with zero attached hydrogens (tertiary/aromatic N) is 1. The van der Waals surface area contributed by atoms with Crippen LogP contribution in [0.4, 0.5) is 8.78 Å². The van der Waals surface area contributed by atoms with Gasteiger partial charge in [-0.2, -0.15) is 8.78 Å². The van der Waals surface area contributed by atoms with E-state index in [0.717, 1.165) is 10.6 Å². The van der Waals surface area contributed by atoms with Crippen molar-refractivity contribution in [3.8, 4) is 0 Å². The number of hydrogen-bond donors (Lipinski definition) is 0. The van der Waals surface area contributed by atoms with Gasteiger partial charge in [-0.25, -0.2) is 4.98 Å². The zero-order valence-corrected chi connectivity index (χ0v) is 9.18. The molecule has 0 saturated heterocycles. The highest BCUT2D eigenvalue weighted by Gasteiger charge is 2.35. The van der Waals surface area contributed by atoms with E-state index in [2.05, 4.69) is 16.6 Å². The Balaban J connectivity index is 2.75. The molecule has 0 radical (unpaired) electrons. The summed E-state index contributed by atoms with van der Waals surface area (Å²) in [5.74, 6) is -1.31. The monoisotopic (exact) mass is 239 g/mol. The highest BCUT2D eigenvalue weighted by Crippen LogP contribution is 2.24. The first-order valence-electron chi connectivity index (χ1n) is 3.83. The van der Waals surface area contributed by atoms with Crippen LogP contribution >= 0.6 is 22.9 Å². The van der Waals surface area contributed by atoms with Crippen molar-refractivity contribution in [3.05, 3.63) is 15.6 Å². The van der Waals surface area contributed by atoms with E-state index < -0.39 is 17.6 Å². The van der Waals surface area contributed by atoms with Gasteiger partial charge in [0, 0.05) is 4.88 Å². The Hall–Kier alpha value is -0.550. The van der Waals surface area contributed by atoms with Crippen LogP contribution in [0.1, 0.15) is 15.6 Å². The molecule has 6 heteroatoms. The van der Waals surface area contributed by atoms with Gasteiger partial charge in [-0.05, 0) is 25.4 Å². The van der Waals surface area contributed by atoms with Gasteiger partial charge < -0.3 is 0 Å². The third kappa shape index (κ3) is 2.72. The van der Waals surface area contributed by atoms with Gasteiger partial charge >= 0.3 is 5.38 Å². The second-order valence-corrected chi connectivity index (χ2v) is 4.61. The summed E-state index contributed by atoms with van der Waals surface area (Å²) in [5.41, 5.74) is 0.760. The lowest BCUT2D eigenvalue weighted by molar-refractivity contribution is -0.132. The molecular weight excluding hydrogens is 232 g/mol. The minimum atomic E-state index is -3.78. The van der Waals surface area contributed by atoms with Crippen molar-refractivity contribution in [3.63, 3.8) is 0 Å². The standard InChI is InChI=1S/C8H8ClF2NOS/c1-4-5(2)14-7(12-4)3-6(13)8(9,10)11/h3H2,1-2H3. The number of rotatable bonds is 3. The van der Waals surface area contributed by atoms with Crippen molar-refractivity contribution in [1.29, 1.82) is 0 Å². The molecule has 0 fully saturated rings. The number of Topliss-reactive ketones (excluding diaryl/α,β-unsaturated/α-hetero) is 1. The molecule has 1 aromatic rings. The average molecular weight is 240 g/mol. The van der Waals surface area contributed by atoms with E-state index in [1.807, 2.05) is 6.92 Å². The second-order valence-electron chi connectivity index (χ2n) is 2.85. The van der Waals surface area contributed by atoms with Crippen LogP contribution in [0.15, 0.2) is 0 Å². The summed E-state index contributed by atoms with van der Waals surface area (Å²) in [4.78, 5) is 15.7. The highest BCUT2D eigenvalue weighted by atomic mass is 35.5. The minimum absolute atomic E-state index is 0.380. The molecule has 0 aliphatic rings. The molecule has 0 saturated carbocycles. The number of thiazole rings is 1. The SMILES string of the molecule is Cc1nc(CC(=O)C(F)(F)Cl)sc1C. The van der Waals surface area contributed by atoms with Crippen LogP contribution in [0, 0.1) is 13.8 Å². The second kappa shape index (κ2) is 3.90. The Labute approximate surface area is 88.9 Å².